The average Bonchev–Trinajstić information content (AvgIpc) is 3.04. The third kappa shape index (κ3) is 4.75. The first kappa shape index (κ1) is 19.1. The summed E-state index contributed by atoms with van der Waals surface area (Å²) in [5, 5.41) is 0. The second-order valence-electron chi connectivity index (χ2n) is 7.98. The molecule has 1 aromatic rings. The summed E-state index contributed by atoms with van der Waals surface area (Å²) in [7, 11) is 1.68. The predicted molar refractivity (Wildman–Crippen MR) is 103 cm³/mol. The Morgan fingerprint density at radius 3 is 2.38 bits per heavy atom. The predicted octanol–water partition coefficient (Wildman–Crippen LogP) is 1.01. The minimum Gasteiger partial charge on any atom is -0.497 e. The first-order valence-corrected chi connectivity index (χ1v) is 9.57. The van der Waals surface area contributed by atoms with Crippen molar-refractivity contribution in [3.05, 3.63) is 29.8 Å². The third-order valence-corrected chi connectivity index (χ3v) is 5.78. The minimum absolute atomic E-state index is 0.178. The minimum atomic E-state index is 0.178. The first-order valence-electron chi connectivity index (χ1n) is 9.57. The molecule has 0 aliphatic carbocycles. The van der Waals surface area contributed by atoms with E-state index in [9.17, 15) is 4.79 Å². The van der Waals surface area contributed by atoms with Crippen LogP contribution in [0.3, 0.4) is 0 Å². The Hall–Kier alpha value is -1.63. The highest BCUT2D eigenvalue weighted by molar-refractivity contribution is 5.78. The van der Waals surface area contributed by atoms with Crippen molar-refractivity contribution in [1.29, 1.82) is 0 Å². The van der Waals surface area contributed by atoms with Crippen LogP contribution in [0.2, 0.25) is 0 Å². The summed E-state index contributed by atoms with van der Waals surface area (Å²) in [5.41, 5.74) is 7.32. The van der Waals surface area contributed by atoms with Crippen LogP contribution in [0, 0.1) is 5.41 Å². The Morgan fingerprint density at radius 1 is 1.12 bits per heavy atom. The fraction of sp³-hybridized carbons (Fsp3) is 0.650. The van der Waals surface area contributed by atoms with E-state index in [1.807, 2.05) is 17.0 Å². The number of piperazine rings is 1. The number of nitrogens with zero attached hydrogens (tertiary/aromatic N) is 3. The SMILES string of the molecule is COc1ccc(CN2CCN(C(=O)CN3CCC(C)(CN)C3)CC2)cc1. The molecule has 2 aliphatic rings. The summed E-state index contributed by atoms with van der Waals surface area (Å²) in [6, 6.07) is 8.22. The fourth-order valence-electron chi connectivity index (χ4n) is 3.86. The number of hydrogen-bond donors (Lipinski definition) is 1. The lowest BCUT2D eigenvalue weighted by atomic mass is 9.90. The van der Waals surface area contributed by atoms with E-state index in [0.29, 0.717) is 13.1 Å². The molecule has 2 heterocycles. The fourth-order valence-corrected chi connectivity index (χ4v) is 3.86. The van der Waals surface area contributed by atoms with Crippen LogP contribution in [0.25, 0.3) is 0 Å². The van der Waals surface area contributed by atoms with Crippen LogP contribution >= 0.6 is 0 Å². The van der Waals surface area contributed by atoms with Gasteiger partial charge in [-0.15, -0.1) is 0 Å². The van der Waals surface area contributed by atoms with Gasteiger partial charge in [-0.25, -0.2) is 0 Å². The Morgan fingerprint density at radius 2 is 1.81 bits per heavy atom. The van der Waals surface area contributed by atoms with Gasteiger partial charge in [0.05, 0.1) is 13.7 Å². The second-order valence-corrected chi connectivity index (χ2v) is 7.98. The summed E-state index contributed by atoms with van der Waals surface area (Å²) in [5.74, 6) is 1.15. The zero-order valence-electron chi connectivity index (χ0n) is 16.1. The number of amides is 1. The Labute approximate surface area is 156 Å². The standard InChI is InChI=1S/C20H32N4O2/c1-20(15-21)7-8-23(16-20)14-19(25)24-11-9-22(10-12-24)13-17-3-5-18(26-2)6-4-17/h3-6H,7-16,21H2,1-2H3. The van der Waals surface area contributed by atoms with Crippen LogP contribution in [0.4, 0.5) is 0 Å². The quantitative estimate of drug-likeness (QED) is 0.820. The van der Waals surface area contributed by atoms with Crippen molar-refractivity contribution in [3.8, 4) is 5.75 Å². The molecule has 2 saturated heterocycles. The van der Waals surface area contributed by atoms with E-state index in [1.54, 1.807) is 7.11 Å². The number of methoxy groups -OCH3 is 1. The monoisotopic (exact) mass is 360 g/mol. The molecule has 0 radical (unpaired) electrons. The maximum atomic E-state index is 12.6. The van der Waals surface area contributed by atoms with Crippen molar-refractivity contribution < 1.29 is 9.53 Å². The van der Waals surface area contributed by atoms with E-state index in [-0.39, 0.29) is 11.3 Å². The van der Waals surface area contributed by atoms with E-state index in [4.69, 9.17) is 10.5 Å². The van der Waals surface area contributed by atoms with E-state index < -0.39 is 0 Å². The molecule has 6 nitrogen and oxygen atoms in total. The molecule has 2 N–H and O–H groups in total. The van der Waals surface area contributed by atoms with Crippen LogP contribution in [-0.2, 0) is 11.3 Å². The van der Waals surface area contributed by atoms with Crippen molar-refractivity contribution in [3.63, 3.8) is 0 Å². The lowest BCUT2D eigenvalue weighted by molar-refractivity contribution is -0.134. The zero-order valence-corrected chi connectivity index (χ0v) is 16.1. The van der Waals surface area contributed by atoms with Gasteiger partial charge in [0.25, 0.3) is 0 Å². The van der Waals surface area contributed by atoms with Gasteiger partial charge in [0, 0.05) is 39.3 Å². The average molecular weight is 361 g/mol. The second kappa shape index (κ2) is 8.37. The Bertz CT molecular complexity index is 598. The van der Waals surface area contributed by atoms with E-state index in [0.717, 1.165) is 58.0 Å². The molecule has 3 rings (SSSR count). The topological polar surface area (TPSA) is 62.0 Å². The first-order chi connectivity index (χ1) is 12.5. The molecular weight excluding hydrogens is 328 g/mol. The Balaban J connectivity index is 1.42. The molecule has 1 atom stereocenters. The highest BCUT2D eigenvalue weighted by atomic mass is 16.5. The number of nitrogens with two attached hydrogens (primary N) is 1. The molecule has 0 saturated carbocycles. The molecule has 1 amide bonds. The normalized spacial score (nSPS) is 24.8. The zero-order chi connectivity index (χ0) is 18.6. The summed E-state index contributed by atoms with van der Waals surface area (Å²) in [4.78, 5) is 19.3. The maximum Gasteiger partial charge on any atom is 0.236 e. The van der Waals surface area contributed by atoms with Crippen molar-refractivity contribution in [2.24, 2.45) is 11.1 Å². The summed E-state index contributed by atoms with van der Waals surface area (Å²) in [6.07, 6.45) is 1.09. The van der Waals surface area contributed by atoms with Crippen molar-refractivity contribution >= 4 is 5.91 Å². The molecule has 2 aliphatic heterocycles. The van der Waals surface area contributed by atoms with Crippen LogP contribution < -0.4 is 10.5 Å². The van der Waals surface area contributed by atoms with Gasteiger partial charge in [-0.3, -0.25) is 14.6 Å². The maximum absolute atomic E-state index is 12.6. The van der Waals surface area contributed by atoms with Crippen LogP contribution in [0.5, 0.6) is 5.75 Å². The molecule has 2 fully saturated rings. The number of hydrogen-bond acceptors (Lipinski definition) is 5. The number of carbonyl (C=O) groups excluding carboxylic acids is 1. The van der Waals surface area contributed by atoms with Crippen LogP contribution in [-0.4, -0.2) is 80.1 Å². The molecule has 0 bridgehead atoms. The summed E-state index contributed by atoms with van der Waals surface area (Å²) in [6.45, 7) is 9.78. The largest absolute Gasteiger partial charge is 0.497 e. The van der Waals surface area contributed by atoms with Crippen LogP contribution in [0.1, 0.15) is 18.9 Å². The number of likely N-dealkylation sites (tertiary alicyclic amines) is 1. The highest BCUT2D eigenvalue weighted by Crippen LogP contribution is 2.28. The molecule has 1 unspecified atom stereocenters. The summed E-state index contributed by atoms with van der Waals surface area (Å²) >= 11 is 0. The van der Waals surface area contributed by atoms with Crippen molar-refractivity contribution in [1.82, 2.24) is 14.7 Å². The van der Waals surface area contributed by atoms with Crippen molar-refractivity contribution in [2.75, 3.05) is 59.5 Å². The molecular formula is C20H32N4O2. The molecule has 0 spiro atoms. The highest BCUT2D eigenvalue weighted by Gasteiger charge is 2.34. The lowest BCUT2D eigenvalue weighted by Crippen LogP contribution is -2.50. The molecule has 0 aromatic heterocycles. The number of rotatable bonds is 6. The van der Waals surface area contributed by atoms with Gasteiger partial charge in [-0.05, 0) is 42.6 Å². The number of benzene rings is 1. The summed E-state index contributed by atoms with van der Waals surface area (Å²) < 4.78 is 5.21. The number of carbonyl (C=O) groups is 1. The lowest BCUT2D eigenvalue weighted by Gasteiger charge is -2.35. The van der Waals surface area contributed by atoms with Gasteiger partial charge in [-0.2, -0.15) is 0 Å². The van der Waals surface area contributed by atoms with E-state index in [1.165, 1.54) is 5.56 Å². The molecule has 6 heteroatoms. The molecule has 26 heavy (non-hydrogen) atoms. The van der Waals surface area contributed by atoms with Crippen LogP contribution in [0.15, 0.2) is 24.3 Å². The van der Waals surface area contributed by atoms with Gasteiger partial charge in [0.2, 0.25) is 5.91 Å². The van der Waals surface area contributed by atoms with Gasteiger partial charge in [0.1, 0.15) is 5.75 Å². The van der Waals surface area contributed by atoms with Crippen molar-refractivity contribution in [2.45, 2.75) is 19.9 Å². The van der Waals surface area contributed by atoms with Gasteiger partial charge < -0.3 is 15.4 Å². The van der Waals surface area contributed by atoms with Gasteiger partial charge in [0.15, 0.2) is 0 Å². The number of ether oxygens (including phenoxy) is 1. The molecule has 1 aromatic carbocycles. The molecule has 144 valence electrons. The third-order valence-electron chi connectivity index (χ3n) is 5.78. The smallest absolute Gasteiger partial charge is 0.236 e. The van der Waals surface area contributed by atoms with E-state index in [2.05, 4.69) is 28.9 Å². The van der Waals surface area contributed by atoms with Gasteiger partial charge in [-0.1, -0.05) is 19.1 Å². The van der Waals surface area contributed by atoms with E-state index >= 15 is 0 Å². The Kier molecular flexibility index (Phi) is 6.16. The van der Waals surface area contributed by atoms with Gasteiger partial charge >= 0.3 is 0 Å².